The first-order chi connectivity index (χ1) is 13.8. The molecule has 0 N–H and O–H groups in total. The van der Waals surface area contributed by atoms with Gasteiger partial charge in [0, 0.05) is 19.2 Å². The van der Waals surface area contributed by atoms with E-state index >= 15 is 0 Å². The zero-order valence-corrected chi connectivity index (χ0v) is 15.7. The van der Waals surface area contributed by atoms with E-state index < -0.39 is 11.7 Å². The summed E-state index contributed by atoms with van der Waals surface area (Å²) in [7, 11) is 3.19. The summed E-state index contributed by atoms with van der Waals surface area (Å²) in [4.78, 5) is 15.0. The van der Waals surface area contributed by atoms with Crippen molar-refractivity contribution in [1.82, 2.24) is 25.1 Å². The highest BCUT2D eigenvalue weighted by Gasteiger charge is 2.30. The Morgan fingerprint density at radius 2 is 1.93 bits per heavy atom. The number of alkyl halides is 3. The van der Waals surface area contributed by atoms with E-state index in [0.29, 0.717) is 12.3 Å². The molecular formula is C19H18F3N5O2. The van der Waals surface area contributed by atoms with Crippen LogP contribution in [-0.4, -0.2) is 45.2 Å². The Balaban J connectivity index is 1.67. The quantitative estimate of drug-likeness (QED) is 0.630. The topological polar surface area (TPSA) is 73.1 Å². The Morgan fingerprint density at radius 3 is 2.66 bits per heavy atom. The van der Waals surface area contributed by atoms with E-state index in [4.69, 9.17) is 4.74 Å². The third kappa shape index (κ3) is 5.09. The summed E-state index contributed by atoms with van der Waals surface area (Å²) in [5.41, 5.74) is 0.250. The fraction of sp³-hybridized carbons (Fsp3) is 0.263. The van der Waals surface area contributed by atoms with Crippen LogP contribution in [0.3, 0.4) is 0 Å². The fourth-order valence-electron chi connectivity index (χ4n) is 2.63. The van der Waals surface area contributed by atoms with E-state index in [1.165, 1.54) is 17.0 Å². The highest BCUT2D eigenvalue weighted by Crippen LogP contribution is 2.31. The molecule has 0 aliphatic carbocycles. The number of tetrazole rings is 1. The molecule has 0 aliphatic heterocycles. The maximum atomic E-state index is 12.9. The van der Waals surface area contributed by atoms with Gasteiger partial charge in [-0.1, -0.05) is 24.3 Å². The van der Waals surface area contributed by atoms with E-state index in [1.807, 2.05) is 18.2 Å². The number of nitrogens with zero attached hydrogens (tertiary/aromatic N) is 5. The molecule has 0 unspecified atom stereocenters. The van der Waals surface area contributed by atoms with Crippen molar-refractivity contribution in [2.45, 2.75) is 19.3 Å². The number of amides is 1. The molecule has 7 nitrogen and oxygen atoms in total. The van der Waals surface area contributed by atoms with Gasteiger partial charge in [0.2, 0.25) is 11.7 Å². The van der Waals surface area contributed by atoms with Gasteiger partial charge in [-0.15, -0.1) is 10.2 Å². The lowest BCUT2D eigenvalue weighted by Crippen LogP contribution is -2.30. The number of likely N-dealkylation sites (N-methyl/N-ethyl adjacent to an activating group) is 1. The van der Waals surface area contributed by atoms with Gasteiger partial charge in [0.25, 0.3) is 0 Å². The van der Waals surface area contributed by atoms with E-state index in [0.717, 1.165) is 22.5 Å². The van der Waals surface area contributed by atoms with Crippen LogP contribution in [0.2, 0.25) is 0 Å². The molecule has 29 heavy (non-hydrogen) atoms. The highest BCUT2D eigenvalue weighted by molar-refractivity contribution is 5.75. The first kappa shape index (κ1) is 20.3. The standard InChI is InChI=1S/C19H18F3N5O2/c1-26(11-13-5-3-8-16(9-13)29-2)17(28)12-27-24-18(23-25-27)14-6-4-7-15(10-14)19(20,21)22/h3-10H,11-12H2,1-2H3. The first-order valence-electron chi connectivity index (χ1n) is 8.58. The minimum atomic E-state index is -4.47. The van der Waals surface area contributed by atoms with Gasteiger partial charge in [-0.05, 0) is 35.0 Å². The number of hydrogen-bond donors (Lipinski definition) is 0. The molecule has 0 radical (unpaired) electrons. The SMILES string of the molecule is COc1cccc(CN(C)C(=O)Cn2nnc(-c3cccc(C(F)(F)F)c3)n2)c1. The smallest absolute Gasteiger partial charge is 0.416 e. The molecule has 10 heteroatoms. The molecule has 0 spiro atoms. The predicted octanol–water partition coefficient (Wildman–Crippen LogP) is 3.03. The summed E-state index contributed by atoms with van der Waals surface area (Å²) < 4.78 is 43.7. The van der Waals surface area contributed by atoms with Gasteiger partial charge in [0.05, 0.1) is 12.7 Å². The number of ether oxygens (including phenoxy) is 1. The number of rotatable bonds is 6. The number of methoxy groups -OCH3 is 1. The second kappa shape index (κ2) is 8.29. The Kier molecular flexibility index (Phi) is 5.81. The molecule has 3 rings (SSSR count). The van der Waals surface area contributed by atoms with Crippen molar-refractivity contribution < 1.29 is 22.7 Å². The van der Waals surface area contributed by atoms with Gasteiger partial charge < -0.3 is 9.64 Å². The van der Waals surface area contributed by atoms with Crippen molar-refractivity contribution in [3.63, 3.8) is 0 Å². The van der Waals surface area contributed by atoms with E-state index in [2.05, 4.69) is 15.4 Å². The molecule has 1 heterocycles. The van der Waals surface area contributed by atoms with E-state index in [1.54, 1.807) is 20.2 Å². The Morgan fingerprint density at radius 1 is 1.17 bits per heavy atom. The lowest BCUT2D eigenvalue weighted by Gasteiger charge is -2.17. The number of carbonyl (C=O) groups is 1. The van der Waals surface area contributed by atoms with Crippen LogP contribution in [0.15, 0.2) is 48.5 Å². The Hall–Kier alpha value is -3.43. The summed E-state index contributed by atoms with van der Waals surface area (Å²) in [5, 5.41) is 11.5. The van der Waals surface area contributed by atoms with Gasteiger partial charge in [-0.3, -0.25) is 4.79 Å². The van der Waals surface area contributed by atoms with Gasteiger partial charge in [0.15, 0.2) is 0 Å². The lowest BCUT2D eigenvalue weighted by atomic mass is 10.1. The van der Waals surface area contributed by atoms with Crippen LogP contribution in [0, 0.1) is 0 Å². The zero-order chi connectivity index (χ0) is 21.0. The summed E-state index contributed by atoms with van der Waals surface area (Å²) in [6.07, 6.45) is -4.47. The van der Waals surface area contributed by atoms with Crippen LogP contribution >= 0.6 is 0 Å². The summed E-state index contributed by atoms with van der Waals surface area (Å²) in [6, 6.07) is 11.9. The monoisotopic (exact) mass is 405 g/mol. The third-order valence-corrected chi connectivity index (χ3v) is 4.16. The minimum absolute atomic E-state index is 0.0133. The van der Waals surface area contributed by atoms with Gasteiger partial charge in [-0.25, -0.2) is 0 Å². The summed E-state index contributed by atoms with van der Waals surface area (Å²) >= 11 is 0. The number of benzene rings is 2. The highest BCUT2D eigenvalue weighted by atomic mass is 19.4. The maximum absolute atomic E-state index is 12.9. The average molecular weight is 405 g/mol. The second-order valence-electron chi connectivity index (χ2n) is 6.32. The van der Waals surface area contributed by atoms with Crippen LogP contribution in [0.5, 0.6) is 5.75 Å². The maximum Gasteiger partial charge on any atom is 0.416 e. The molecule has 0 atom stereocenters. The van der Waals surface area contributed by atoms with E-state index in [9.17, 15) is 18.0 Å². The molecule has 152 valence electrons. The Bertz CT molecular complexity index is 1000. The molecule has 0 saturated heterocycles. The van der Waals surface area contributed by atoms with Gasteiger partial charge >= 0.3 is 6.18 Å². The molecule has 0 bridgehead atoms. The minimum Gasteiger partial charge on any atom is -0.497 e. The third-order valence-electron chi connectivity index (χ3n) is 4.16. The molecular weight excluding hydrogens is 387 g/mol. The Labute approximate surface area is 164 Å². The van der Waals surface area contributed by atoms with Crippen LogP contribution in [0.25, 0.3) is 11.4 Å². The van der Waals surface area contributed by atoms with Crippen molar-refractivity contribution in [2.75, 3.05) is 14.2 Å². The average Bonchev–Trinajstić information content (AvgIpc) is 3.16. The van der Waals surface area contributed by atoms with E-state index in [-0.39, 0.29) is 23.8 Å². The van der Waals surface area contributed by atoms with Crippen molar-refractivity contribution in [3.8, 4) is 17.1 Å². The zero-order valence-electron chi connectivity index (χ0n) is 15.7. The molecule has 0 fully saturated rings. The summed E-state index contributed by atoms with van der Waals surface area (Å²) in [5.74, 6) is 0.423. The summed E-state index contributed by atoms with van der Waals surface area (Å²) in [6.45, 7) is 0.164. The van der Waals surface area contributed by atoms with Crippen LogP contribution in [0.1, 0.15) is 11.1 Å². The van der Waals surface area contributed by atoms with Crippen molar-refractivity contribution in [3.05, 3.63) is 59.7 Å². The molecule has 0 saturated carbocycles. The van der Waals surface area contributed by atoms with Gasteiger partial charge in [0.1, 0.15) is 12.3 Å². The molecule has 3 aromatic rings. The fourth-order valence-corrected chi connectivity index (χ4v) is 2.63. The number of hydrogen-bond acceptors (Lipinski definition) is 5. The molecule has 1 amide bonds. The molecule has 2 aromatic carbocycles. The van der Waals surface area contributed by atoms with Crippen molar-refractivity contribution >= 4 is 5.91 Å². The van der Waals surface area contributed by atoms with Crippen LogP contribution in [-0.2, 0) is 24.1 Å². The van der Waals surface area contributed by atoms with Crippen LogP contribution < -0.4 is 4.74 Å². The van der Waals surface area contributed by atoms with Gasteiger partial charge in [-0.2, -0.15) is 18.0 Å². The predicted molar refractivity (Wildman–Crippen MR) is 97.7 cm³/mol. The second-order valence-corrected chi connectivity index (χ2v) is 6.32. The number of aromatic nitrogens is 4. The van der Waals surface area contributed by atoms with Crippen LogP contribution in [0.4, 0.5) is 13.2 Å². The number of carbonyl (C=O) groups excluding carboxylic acids is 1. The number of halogens is 3. The molecule has 1 aromatic heterocycles. The molecule has 0 aliphatic rings. The van der Waals surface area contributed by atoms with Crippen molar-refractivity contribution in [2.24, 2.45) is 0 Å². The van der Waals surface area contributed by atoms with Crippen molar-refractivity contribution in [1.29, 1.82) is 0 Å². The first-order valence-corrected chi connectivity index (χ1v) is 8.58. The normalized spacial score (nSPS) is 11.3. The largest absolute Gasteiger partial charge is 0.497 e. The lowest BCUT2D eigenvalue weighted by molar-refractivity contribution is -0.137.